The average molecular weight is 484 g/mol. The summed E-state index contributed by atoms with van der Waals surface area (Å²) in [6.45, 7) is 27.0. The van der Waals surface area contributed by atoms with Crippen molar-refractivity contribution in [3.63, 3.8) is 0 Å². The highest BCUT2D eigenvalue weighted by atomic mass is 16.6. The van der Waals surface area contributed by atoms with Crippen LogP contribution < -0.4 is 0 Å². The van der Waals surface area contributed by atoms with E-state index in [-0.39, 0.29) is 11.6 Å². The first-order chi connectivity index (χ1) is 14.9. The van der Waals surface area contributed by atoms with Crippen LogP contribution in [-0.2, 0) is 19.0 Å². The van der Waals surface area contributed by atoms with E-state index in [1.807, 2.05) is 53.7 Å². The summed E-state index contributed by atoms with van der Waals surface area (Å²) in [5, 5.41) is 0. The van der Waals surface area contributed by atoms with Gasteiger partial charge in [0.25, 0.3) is 0 Å². The quantitative estimate of drug-likeness (QED) is 0.351. The molecule has 210 valence electrons. The lowest BCUT2D eigenvalue weighted by Gasteiger charge is -2.17. The van der Waals surface area contributed by atoms with E-state index in [1.54, 1.807) is 21.3 Å². The van der Waals surface area contributed by atoms with Gasteiger partial charge in [0.05, 0.1) is 0 Å². The van der Waals surface area contributed by atoms with Crippen molar-refractivity contribution in [3.05, 3.63) is 0 Å². The van der Waals surface area contributed by atoms with Crippen LogP contribution in [0.2, 0.25) is 0 Å². The highest BCUT2D eigenvalue weighted by Gasteiger charge is 2.12. The van der Waals surface area contributed by atoms with Gasteiger partial charge >= 0.3 is 5.97 Å². The van der Waals surface area contributed by atoms with E-state index in [0.717, 1.165) is 18.4 Å². The van der Waals surface area contributed by atoms with E-state index < -0.39 is 0 Å². The van der Waals surface area contributed by atoms with Gasteiger partial charge in [-0.05, 0) is 60.7 Å². The zero-order valence-corrected chi connectivity index (χ0v) is 26.8. The molecule has 0 bridgehead atoms. The van der Waals surface area contributed by atoms with E-state index in [2.05, 4.69) is 64.9 Å². The smallest absolute Gasteiger partial charge is 0.303 e. The molecule has 1 aliphatic carbocycles. The first-order valence-electron chi connectivity index (χ1n) is 12.6. The van der Waals surface area contributed by atoms with Crippen molar-refractivity contribution < 1.29 is 19.0 Å². The van der Waals surface area contributed by atoms with Crippen molar-refractivity contribution >= 4 is 5.97 Å². The van der Waals surface area contributed by atoms with E-state index in [4.69, 9.17) is 4.74 Å². The highest BCUT2D eigenvalue weighted by molar-refractivity contribution is 5.66. The molecule has 0 atom stereocenters. The molecule has 5 heteroatoms. The molecule has 0 unspecified atom stereocenters. The molecule has 0 aliphatic heterocycles. The maximum Gasteiger partial charge on any atom is 0.303 e. The van der Waals surface area contributed by atoms with Crippen molar-refractivity contribution in [1.82, 2.24) is 4.90 Å². The van der Waals surface area contributed by atoms with Gasteiger partial charge in [-0.25, -0.2) is 0 Å². The predicted octanol–water partition coefficient (Wildman–Crippen LogP) is 8.35. The average Bonchev–Trinajstić information content (AvgIpc) is 3.37. The van der Waals surface area contributed by atoms with Crippen LogP contribution in [0.4, 0.5) is 0 Å². The van der Waals surface area contributed by atoms with Crippen molar-refractivity contribution in [2.75, 3.05) is 49.1 Å². The Bertz CT molecular complexity index is 266. The van der Waals surface area contributed by atoms with Crippen LogP contribution in [-0.4, -0.2) is 65.5 Å². The maximum atomic E-state index is 10.2. The summed E-state index contributed by atoms with van der Waals surface area (Å²) in [7, 11) is 10.9. The van der Waals surface area contributed by atoms with Gasteiger partial charge in [-0.3, -0.25) is 4.79 Å². The number of carbonyl (C=O) groups is 1. The zero-order valence-electron chi connectivity index (χ0n) is 26.8. The first-order valence-corrected chi connectivity index (χ1v) is 12.6. The lowest BCUT2D eigenvalue weighted by molar-refractivity contribution is -0.151. The van der Waals surface area contributed by atoms with Crippen LogP contribution in [0.25, 0.3) is 0 Å². The van der Waals surface area contributed by atoms with Crippen molar-refractivity contribution in [3.8, 4) is 0 Å². The minimum atomic E-state index is -0.328. The Morgan fingerprint density at radius 2 is 1.03 bits per heavy atom. The molecular formula is C28H69NO4. The third kappa shape index (κ3) is 387. The Morgan fingerprint density at radius 1 is 0.879 bits per heavy atom. The predicted molar refractivity (Wildman–Crippen MR) is 152 cm³/mol. The van der Waals surface area contributed by atoms with Gasteiger partial charge in [0, 0.05) is 34.9 Å². The van der Waals surface area contributed by atoms with E-state index >= 15 is 0 Å². The molecule has 0 spiro atoms. The second-order valence-electron chi connectivity index (χ2n) is 9.86. The van der Waals surface area contributed by atoms with Crippen molar-refractivity contribution in [2.45, 2.75) is 121 Å². The molecule has 0 N–H and O–H groups in total. The molecule has 5 nitrogen and oxygen atoms in total. The van der Waals surface area contributed by atoms with Gasteiger partial charge in [0.2, 0.25) is 0 Å². The van der Waals surface area contributed by atoms with E-state index in [9.17, 15) is 4.79 Å². The second-order valence-corrected chi connectivity index (χ2v) is 9.86. The normalized spacial score (nSPS) is 10.6. The summed E-state index contributed by atoms with van der Waals surface area (Å²) in [4.78, 5) is 12.2. The molecule has 0 heterocycles. The van der Waals surface area contributed by atoms with Crippen molar-refractivity contribution in [1.29, 1.82) is 0 Å². The minimum Gasteiger partial charge on any atom is -0.460 e. The highest BCUT2D eigenvalue weighted by Crippen LogP contribution is 2.26. The van der Waals surface area contributed by atoms with Crippen LogP contribution in [0.5, 0.6) is 0 Å². The van der Waals surface area contributed by atoms with Gasteiger partial charge in [-0.2, -0.15) is 0 Å². The number of esters is 1. The standard InChI is InChI=1S/C6H12O2.C4H8.C4H10.C3H9N.C3H8O.2C3H8.C2H6O/c1-5(7)8-6(2,3)4;1-4-2-3-4;2*1-4(2)3;1-3-4-2;3*1-3-2/h1-4H3;4H,2-3H2,1H3;4H,1-3H3;1-3H3;3H2,1-2H3;2*3H2,1-2H3;1-2H3. The van der Waals surface area contributed by atoms with E-state index in [1.165, 1.54) is 32.6 Å². The molecule has 1 rings (SSSR count). The minimum absolute atomic E-state index is 0.225. The van der Waals surface area contributed by atoms with Crippen LogP contribution in [0.1, 0.15) is 116 Å². The monoisotopic (exact) mass is 484 g/mol. The van der Waals surface area contributed by atoms with Crippen LogP contribution in [0.3, 0.4) is 0 Å². The summed E-state index contributed by atoms with van der Waals surface area (Å²) >= 11 is 0. The Kier molecular flexibility index (Phi) is 67.4. The van der Waals surface area contributed by atoms with E-state index in [0.29, 0.717) is 0 Å². The number of rotatable bonds is 1. The molecule has 1 fully saturated rings. The first kappa shape index (κ1) is 49.5. The Balaban J connectivity index is -0.0000000483. The Hall–Kier alpha value is -0.650. The molecule has 1 saturated carbocycles. The number of hydrogen-bond acceptors (Lipinski definition) is 5. The Labute approximate surface area is 212 Å². The fourth-order valence-electron chi connectivity index (χ4n) is 0.598. The summed E-state index contributed by atoms with van der Waals surface area (Å²) in [5.41, 5.74) is -0.328. The fraction of sp³-hybridized carbons (Fsp3) is 0.964. The Morgan fingerprint density at radius 3 is 1.03 bits per heavy atom. The molecule has 0 amide bonds. The van der Waals surface area contributed by atoms with Crippen molar-refractivity contribution in [2.24, 2.45) is 11.8 Å². The SMILES string of the molecule is CC(=O)OC(C)(C)C.CC(C)C.CC1CC1.CCC.CCC.CCOC.CN(C)C.COC. The summed E-state index contributed by atoms with van der Waals surface area (Å²) in [6, 6.07) is 0. The molecular weight excluding hydrogens is 414 g/mol. The molecule has 0 saturated heterocycles. The molecule has 0 radical (unpaired) electrons. The lowest BCUT2D eigenvalue weighted by Crippen LogP contribution is -2.21. The molecule has 1 aliphatic rings. The summed E-state index contributed by atoms with van der Waals surface area (Å²) in [6.07, 6.45) is 5.47. The summed E-state index contributed by atoms with van der Waals surface area (Å²) < 4.78 is 13.6. The van der Waals surface area contributed by atoms with Crippen LogP contribution >= 0.6 is 0 Å². The molecule has 0 aromatic heterocycles. The largest absolute Gasteiger partial charge is 0.460 e. The van der Waals surface area contributed by atoms with Gasteiger partial charge < -0.3 is 19.1 Å². The topological polar surface area (TPSA) is 48.0 Å². The number of ether oxygens (including phenoxy) is 3. The van der Waals surface area contributed by atoms with Gasteiger partial charge in [-0.1, -0.05) is 81.1 Å². The number of carbonyl (C=O) groups excluding carboxylic acids is 1. The maximum absolute atomic E-state index is 10.2. The third-order valence-electron chi connectivity index (χ3n) is 1.60. The molecule has 33 heavy (non-hydrogen) atoms. The molecule has 0 aromatic rings. The lowest BCUT2D eigenvalue weighted by atomic mass is 10.2. The molecule has 0 aromatic carbocycles. The zero-order chi connectivity index (χ0) is 28.5. The summed E-state index contributed by atoms with van der Waals surface area (Å²) in [5.74, 6) is 1.69. The van der Waals surface area contributed by atoms with Crippen LogP contribution in [0.15, 0.2) is 0 Å². The van der Waals surface area contributed by atoms with Gasteiger partial charge in [-0.15, -0.1) is 0 Å². The fourth-order valence-corrected chi connectivity index (χ4v) is 0.598. The van der Waals surface area contributed by atoms with Gasteiger partial charge in [0.1, 0.15) is 5.60 Å². The van der Waals surface area contributed by atoms with Gasteiger partial charge in [0.15, 0.2) is 0 Å². The number of methoxy groups -OCH3 is 2. The third-order valence-corrected chi connectivity index (χ3v) is 1.60. The van der Waals surface area contributed by atoms with Crippen LogP contribution in [0, 0.1) is 11.8 Å². The second kappa shape index (κ2) is 44.9. The number of hydrogen-bond donors (Lipinski definition) is 0. The number of nitrogens with zero attached hydrogens (tertiary/aromatic N) is 1.